The highest BCUT2D eigenvalue weighted by atomic mass is 15.1. The quantitative estimate of drug-likeness (QED) is 0.798. The van der Waals surface area contributed by atoms with Crippen LogP contribution in [0.2, 0.25) is 0 Å². The number of aryl methyl sites for hydroxylation is 3. The van der Waals surface area contributed by atoms with Crippen LogP contribution in [-0.4, -0.2) is 14.5 Å². The summed E-state index contributed by atoms with van der Waals surface area (Å²) >= 11 is 0. The highest BCUT2D eigenvalue weighted by Gasteiger charge is 2.14. The summed E-state index contributed by atoms with van der Waals surface area (Å²) in [6, 6.07) is 10.6. The van der Waals surface area contributed by atoms with Crippen molar-refractivity contribution < 1.29 is 0 Å². The molecule has 0 saturated heterocycles. The Morgan fingerprint density at radius 1 is 1.10 bits per heavy atom. The molecule has 0 radical (unpaired) electrons. The number of rotatable bonds is 4. The van der Waals surface area contributed by atoms with Gasteiger partial charge in [-0.25, -0.2) is 9.97 Å². The maximum absolute atomic E-state index is 5.99. The lowest BCUT2D eigenvalue weighted by molar-refractivity contribution is 0.642. The molecule has 0 aliphatic carbocycles. The maximum atomic E-state index is 5.99. The lowest BCUT2D eigenvalue weighted by atomic mass is 10.1. The van der Waals surface area contributed by atoms with Crippen molar-refractivity contribution >= 4 is 16.9 Å². The molecule has 0 aliphatic rings. The molecule has 0 aliphatic heterocycles. The van der Waals surface area contributed by atoms with E-state index >= 15 is 0 Å². The largest absolute Gasteiger partial charge is 0.383 e. The molecule has 3 aromatic rings. The number of benzene rings is 1. The Morgan fingerprint density at radius 3 is 2.62 bits per heavy atom. The molecule has 0 spiro atoms. The second-order valence-corrected chi connectivity index (χ2v) is 5.41. The van der Waals surface area contributed by atoms with Crippen LogP contribution in [-0.2, 0) is 13.0 Å². The number of hydrogen-bond acceptors (Lipinski definition) is 3. The van der Waals surface area contributed by atoms with Crippen LogP contribution < -0.4 is 5.73 Å². The lowest BCUT2D eigenvalue weighted by Crippen LogP contribution is -2.03. The topological polar surface area (TPSA) is 56.7 Å². The second-order valence-electron chi connectivity index (χ2n) is 5.41. The van der Waals surface area contributed by atoms with E-state index in [1.165, 1.54) is 16.8 Å². The highest BCUT2D eigenvalue weighted by Crippen LogP contribution is 2.27. The van der Waals surface area contributed by atoms with E-state index in [4.69, 9.17) is 5.73 Å². The van der Waals surface area contributed by atoms with Gasteiger partial charge >= 0.3 is 0 Å². The van der Waals surface area contributed by atoms with Gasteiger partial charge in [0.05, 0.1) is 5.39 Å². The average molecular weight is 280 g/mol. The zero-order chi connectivity index (χ0) is 14.8. The van der Waals surface area contributed by atoms with E-state index in [9.17, 15) is 0 Å². The molecule has 2 heterocycles. The standard InChI is InChI=1S/C17H20N4/c1-12-13(2)21(17-15(12)16(18)19-11-20-17)10-6-9-14-7-4-3-5-8-14/h3-5,7-8,11H,6,9-10H2,1-2H3,(H2,18,19,20). The number of nitrogen functional groups attached to an aromatic ring is 1. The van der Waals surface area contributed by atoms with Gasteiger partial charge in [-0.3, -0.25) is 0 Å². The van der Waals surface area contributed by atoms with Crippen molar-refractivity contribution in [2.24, 2.45) is 0 Å². The average Bonchev–Trinajstić information content (AvgIpc) is 2.74. The molecule has 0 amide bonds. The van der Waals surface area contributed by atoms with Gasteiger partial charge in [0.25, 0.3) is 0 Å². The molecule has 1 aromatic carbocycles. The van der Waals surface area contributed by atoms with E-state index in [0.717, 1.165) is 30.4 Å². The van der Waals surface area contributed by atoms with E-state index in [-0.39, 0.29) is 0 Å². The summed E-state index contributed by atoms with van der Waals surface area (Å²) in [5.41, 5.74) is 10.7. The van der Waals surface area contributed by atoms with Crippen molar-refractivity contribution in [2.45, 2.75) is 33.2 Å². The summed E-state index contributed by atoms with van der Waals surface area (Å²) < 4.78 is 2.26. The van der Waals surface area contributed by atoms with Gasteiger partial charge in [0.2, 0.25) is 0 Å². The van der Waals surface area contributed by atoms with Gasteiger partial charge in [-0.05, 0) is 37.8 Å². The Balaban J connectivity index is 1.84. The third-order valence-corrected chi connectivity index (χ3v) is 4.12. The molecule has 4 heteroatoms. The predicted molar refractivity (Wildman–Crippen MR) is 86.2 cm³/mol. The fraction of sp³-hybridized carbons (Fsp3) is 0.294. The monoisotopic (exact) mass is 280 g/mol. The van der Waals surface area contributed by atoms with E-state index < -0.39 is 0 Å². The van der Waals surface area contributed by atoms with Crippen molar-refractivity contribution in [3.8, 4) is 0 Å². The van der Waals surface area contributed by atoms with E-state index in [2.05, 4.69) is 58.7 Å². The minimum Gasteiger partial charge on any atom is -0.383 e. The minimum atomic E-state index is 0.572. The Hall–Kier alpha value is -2.36. The van der Waals surface area contributed by atoms with Gasteiger partial charge in [-0.1, -0.05) is 30.3 Å². The van der Waals surface area contributed by atoms with Crippen LogP contribution in [0.4, 0.5) is 5.82 Å². The van der Waals surface area contributed by atoms with Crippen LogP contribution in [0.3, 0.4) is 0 Å². The summed E-state index contributed by atoms with van der Waals surface area (Å²) in [5.74, 6) is 0.572. The zero-order valence-corrected chi connectivity index (χ0v) is 12.5. The summed E-state index contributed by atoms with van der Waals surface area (Å²) in [7, 11) is 0. The number of nitrogens with two attached hydrogens (primary N) is 1. The Morgan fingerprint density at radius 2 is 1.86 bits per heavy atom. The van der Waals surface area contributed by atoms with E-state index in [0.29, 0.717) is 5.82 Å². The van der Waals surface area contributed by atoms with Crippen molar-refractivity contribution in [1.29, 1.82) is 0 Å². The highest BCUT2D eigenvalue weighted by molar-refractivity contribution is 5.90. The van der Waals surface area contributed by atoms with Crippen LogP contribution >= 0.6 is 0 Å². The van der Waals surface area contributed by atoms with Crippen molar-refractivity contribution in [3.05, 3.63) is 53.5 Å². The van der Waals surface area contributed by atoms with Gasteiger partial charge < -0.3 is 10.3 Å². The first-order valence-electron chi connectivity index (χ1n) is 7.28. The van der Waals surface area contributed by atoms with Gasteiger partial charge in [0, 0.05) is 12.2 Å². The normalized spacial score (nSPS) is 11.1. The third kappa shape index (κ3) is 2.49. The molecule has 2 N–H and O–H groups in total. The van der Waals surface area contributed by atoms with Gasteiger partial charge in [-0.15, -0.1) is 0 Å². The number of anilines is 1. The first kappa shape index (κ1) is 13.6. The van der Waals surface area contributed by atoms with Crippen LogP contribution in [0.1, 0.15) is 23.2 Å². The number of aromatic nitrogens is 3. The second kappa shape index (κ2) is 5.56. The number of fused-ring (bicyclic) bond motifs is 1. The van der Waals surface area contributed by atoms with Gasteiger partial charge in [0.15, 0.2) is 0 Å². The molecule has 0 bridgehead atoms. The smallest absolute Gasteiger partial charge is 0.145 e. The summed E-state index contributed by atoms with van der Waals surface area (Å²) in [4.78, 5) is 8.52. The zero-order valence-electron chi connectivity index (χ0n) is 12.5. The number of nitrogens with zero attached hydrogens (tertiary/aromatic N) is 3. The Labute approximate surface area is 124 Å². The van der Waals surface area contributed by atoms with Gasteiger partial charge in [0.1, 0.15) is 17.8 Å². The Kier molecular flexibility index (Phi) is 3.60. The summed E-state index contributed by atoms with van der Waals surface area (Å²) in [6.45, 7) is 5.16. The molecule has 0 fully saturated rings. The fourth-order valence-electron chi connectivity index (χ4n) is 2.86. The molecule has 108 valence electrons. The van der Waals surface area contributed by atoms with Crippen LogP contribution in [0, 0.1) is 13.8 Å². The first-order valence-corrected chi connectivity index (χ1v) is 7.28. The lowest BCUT2D eigenvalue weighted by Gasteiger charge is -2.08. The number of hydrogen-bond donors (Lipinski definition) is 1. The summed E-state index contributed by atoms with van der Waals surface area (Å²) in [5, 5.41) is 0.995. The molecule has 0 unspecified atom stereocenters. The fourth-order valence-corrected chi connectivity index (χ4v) is 2.86. The van der Waals surface area contributed by atoms with Crippen LogP contribution in [0.5, 0.6) is 0 Å². The van der Waals surface area contributed by atoms with Crippen molar-refractivity contribution in [2.75, 3.05) is 5.73 Å². The van der Waals surface area contributed by atoms with E-state index in [1.54, 1.807) is 6.33 Å². The van der Waals surface area contributed by atoms with E-state index in [1.807, 2.05) is 0 Å². The first-order chi connectivity index (χ1) is 10.2. The SMILES string of the molecule is Cc1c(C)n(CCCc2ccccc2)c2ncnc(N)c12. The van der Waals surface area contributed by atoms with Crippen LogP contribution in [0.25, 0.3) is 11.0 Å². The van der Waals surface area contributed by atoms with Crippen LogP contribution in [0.15, 0.2) is 36.7 Å². The maximum Gasteiger partial charge on any atom is 0.145 e. The van der Waals surface area contributed by atoms with Crippen molar-refractivity contribution in [3.63, 3.8) is 0 Å². The molecule has 21 heavy (non-hydrogen) atoms. The van der Waals surface area contributed by atoms with Crippen molar-refractivity contribution in [1.82, 2.24) is 14.5 Å². The molecule has 0 atom stereocenters. The molecule has 3 rings (SSSR count). The summed E-state index contributed by atoms with van der Waals surface area (Å²) in [6.07, 6.45) is 3.70. The Bertz CT molecular complexity index is 759. The third-order valence-electron chi connectivity index (χ3n) is 4.12. The molecular formula is C17H20N4. The predicted octanol–water partition coefficient (Wildman–Crippen LogP) is 3.26. The molecule has 2 aromatic heterocycles. The van der Waals surface area contributed by atoms with Gasteiger partial charge in [-0.2, -0.15) is 0 Å². The molecular weight excluding hydrogens is 260 g/mol. The molecule has 0 saturated carbocycles. The molecule has 4 nitrogen and oxygen atoms in total. The minimum absolute atomic E-state index is 0.572.